The van der Waals surface area contributed by atoms with Crippen LogP contribution in [0, 0.1) is 17.1 Å². The second-order valence-electron chi connectivity index (χ2n) is 6.92. The molecule has 136 valence electrons. The third-order valence-corrected chi connectivity index (χ3v) is 4.92. The second kappa shape index (κ2) is 9.14. The minimum Gasteiger partial charge on any atom is -0.206 e. The molecule has 0 saturated heterocycles. The zero-order chi connectivity index (χ0) is 19.1. The minimum absolute atomic E-state index is 0.101. The highest BCUT2D eigenvalue weighted by atomic mass is 19.1. The van der Waals surface area contributed by atoms with Crippen LogP contribution in [0.4, 0.5) is 4.39 Å². The third kappa shape index (κ3) is 5.05. The normalized spacial score (nSPS) is 10.6. The molecule has 0 aliphatic carbocycles. The summed E-state index contributed by atoms with van der Waals surface area (Å²) < 4.78 is 13.7. The highest BCUT2D eigenvalue weighted by molar-refractivity contribution is 5.64. The van der Waals surface area contributed by atoms with Gasteiger partial charge < -0.3 is 0 Å². The first-order valence-corrected chi connectivity index (χ1v) is 9.56. The molecule has 0 spiro atoms. The van der Waals surface area contributed by atoms with Crippen molar-refractivity contribution in [1.82, 2.24) is 0 Å². The molecule has 0 saturated carbocycles. The van der Waals surface area contributed by atoms with E-state index in [9.17, 15) is 4.39 Å². The van der Waals surface area contributed by atoms with Gasteiger partial charge in [-0.25, -0.2) is 4.39 Å². The van der Waals surface area contributed by atoms with Crippen LogP contribution >= 0.6 is 0 Å². The van der Waals surface area contributed by atoms with Crippen LogP contribution in [0.2, 0.25) is 0 Å². The summed E-state index contributed by atoms with van der Waals surface area (Å²) in [6.45, 7) is 2.22. The van der Waals surface area contributed by atoms with Gasteiger partial charge in [-0.05, 0) is 65.6 Å². The Bertz CT molecular complexity index is 918. The lowest BCUT2D eigenvalue weighted by atomic mass is 9.98. The molecule has 0 aliphatic rings. The topological polar surface area (TPSA) is 23.8 Å². The maximum Gasteiger partial charge on any atom is 0.141 e. The van der Waals surface area contributed by atoms with Crippen molar-refractivity contribution in [1.29, 1.82) is 5.26 Å². The Balaban J connectivity index is 1.61. The fourth-order valence-corrected chi connectivity index (χ4v) is 3.20. The highest BCUT2D eigenvalue weighted by Gasteiger charge is 2.04. The molecule has 0 aliphatic heterocycles. The Morgan fingerprint density at radius 3 is 1.78 bits per heavy atom. The van der Waals surface area contributed by atoms with Crippen molar-refractivity contribution in [2.24, 2.45) is 0 Å². The Kier molecular flexibility index (Phi) is 6.39. The SMILES string of the molecule is CCCCc1ccc(-c2ccc(CCc3ccc(C#N)c(F)c3)cc2)cc1. The minimum atomic E-state index is -0.437. The van der Waals surface area contributed by atoms with Gasteiger partial charge in [-0.2, -0.15) is 5.26 Å². The lowest BCUT2D eigenvalue weighted by Gasteiger charge is -2.07. The van der Waals surface area contributed by atoms with E-state index in [0.717, 1.165) is 24.8 Å². The summed E-state index contributed by atoms with van der Waals surface area (Å²) in [5, 5.41) is 8.80. The summed E-state index contributed by atoms with van der Waals surface area (Å²) in [6, 6.07) is 24.1. The Morgan fingerprint density at radius 1 is 0.741 bits per heavy atom. The van der Waals surface area contributed by atoms with Gasteiger partial charge in [0.25, 0.3) is 0 Å². The zero-order valence-electron chi connectivity index (χ0n) is 15.7. The van der Waals surface area contributed by atoms with E-state index < -0.39 is 5.82 Å². The number of aryl methyl sites for hydroxylation is 3. The molecule has 0 atom stereocenters. The maximum absolute atomic E-state index is 13.7. The van der Waals surface area contributed by atoms with Gasteiger partial charge in [0.2, 0.25) is 0 Å². The van der Waals surface area contributed by atoms with E-state index in [0.29, 0.717) is 0 Å². The van der Waals surface area contributed by atoms with Gasteiger partial charge in [-0.3, -0.25) is 0 Å². The van der Waals surface area contributed by atoms with E-state index in [4.69, 9.17) is 5.26 Å². The smallest absolute Gasteiger partial charge is 0.141 e. The van der Waals surface area contributed by atoms with Gasteiger partial charge in [0.1, 0.15) is 11.9 Å². The Labute approximate surface area is 161 Å². The first kappa shape index (κ1) is 18.9. The molecule has 3 aromatic rings. The van der Waals surface area contributed by atoms with Crippen LogP contribution in [0.15, 0.2) is 66.7 Å². The van der Waals surface area contributed by atoms with Crippen molar-refractivity contribution in [2.75, 3.05) is 0 Å². The standard InChI is InChI=1S/C25H24FN/c1-2-3-4-19-7-12-22(13-8-19)23-14-9-20(10-15-23)5-6-21-11-16-24(18-27)25(26)17-21/h7-17H,2-6H2,1H3. The molecular weight excluding hydrogens is 333 g/mol. The average Bonchev–Trinajstić information content (AvgIpc) is 2.71. The monoisotopic (exact) mass is 357 g/mol. The van der Waals surface area contributed by atoms with Gasteiger partial charge in [-0.1, -0.05) is 67.9 Å². The van der Waals surface area contributed by atoms with E-state index >= 15 is 0 Å². The number of benzene rings is 3. The fraction of sp³-hybridized carbons (Fsp3) is 0.240. The van der Waals surface area contributed by atoms with Crippen molar-refractivity contribution in [2.45, 2.75) is 39.0 Å². The summed E-state index contributed by atoms with van der Waals surface area (Å²) in [7, 11) is 0. The third-order valence-electron chi connectivity index (χ3n) is 4.92. The predicted molar refractivity (Wildman–Crippen MR) is 109 cm³/mol. The lowest BCUT2D eigenvalue weighted by Crippen LogP contribution is -1.94. The molecule has 0 N–H and O–H groups in total. The van der Waals surface area contributed by atoms with Crippen molar-refractivity contribution < 1.29 is 4.39 Å². The van der Waals surface area contributed by atoms with Crippen LogP contribution < -0.4 is 0 Å². The molecule has 0 heterocycles. The van der Waals surface area contributed by atoms with Crippen LogP contribution in [0.5, 0.6) is 0 Å². The van der Waals surface area contributed by atoms with Gasteiger partial charge in [0, 0.05) is 0 Å². The van der Waals surface area contributed by atoms with Gasteiger partial charge in [0.05, 0.1) is 5.56 Å². The molecule has 2 heteroatoms. The molecule has 0 amide bonds. The van der Waals surface area contributed by atoms with E-state index in [1.165, 1.54) is 41.2 Å². The van der Waals surface area contributed by atoms with E-state index in [1.54, 1.807) is 6.07 Å². The van der Waals surface area contributed by atoms with Gasteiger partial charge >= 0.3 is 0 Å². The van der Waals surface area contributed by atoms with Crippen LogP contribution in [0.3, 0.4) is 0 Å². The van der Waals surface area contributed by atoms with Crippen LogP contribution in [-0.4, -0.2) is 0 Å². The summed E-state index contributed by atoms with van der Waals surface area (Å²) in [4.78, 5) is 0. The number of rotatable bonds is 7. The Hall–Kier alpha value is -2.92. The molecule has 1 nitrogen and oxygen atoms in total. The first-order valence-electron chi connectivity index (χ1n) is 9.56. The lowest BCUT2D eigenvalue weighted by molar-refractivity contribution is 0.621. The predicted octanol–water partition coefficient (Wildman–Crippen LogP) is 6.49. The largest absolute Gasteiger partial charge is 0.206 e. The Morgan fingerprint density at radius 2 is 1.26 bits per heavy atom. The summed E-state index contributed by atoms with van der Waals surface area (Å²) >= 11 is 0. The molecule has 27 heavy (non-hydrogen) atoms. The van der Waals surface area contributed by atoms with Crippen molar-refractivity contribution in [3.05, 3.63) is 94.8 Å². The van der Waals surface area contributed by atoms with Crippen molar-refractivity contribution in [3.63, 3.8) is 0 Å². The molecule has 0 unspecified atom stereocenters. The summed E-state index contributed by atoms with van der Waals surface area (Å²) in [6.07, 6.45) is 5.21. The van der Waals surface area contributed by atoms with Gasteiger partial charge in [0.15, 0.2) is 0 Å². The maximum atomic E-state index is 13.7. The average molecular weight is 357 g/mol. The number of hydrogen-bond donors (Lipinski definition) is 0. The summed E-state index contributed by atoms with van der Waals surface area (Å²) in [5.74, 6) is -0.437. The number of hydrogen-bond acceptors (Lipinski definition) is 1. The zero-order valence-corrected chi connectivity index (χ0v) is 15.7. The first-order chi connectivity index (χ1) is 13.2. The number of unbranched alkanes of at least 4 members (excludes halogenated alkanes) is 1. The van der Waals surface area contributed by atoms with E-state index in [-0.39, 0.29) is 5.56 Å². The molecular formula is C25H24FN. The van der Waals surface area contributed by atoms with Crippen molar-refractivity contribution in [3.8, 4) is 17.2 Å². The molecule has 3 rings (SSSR count). The number of nitrogens with zero attached hydrogens (tertiary/aromatic N) is 1. The highest BCUT2D eigenvalue weighted by Crippen LogP contribution is 2.22. The van der Waals surface area contributed by atoms with E-state index in [1.807, 2.05) is 12.1 Å². The van der Waals surface area contributed by atoms with Crippen LogP contribution in [-0.2, 0) is 19.3 Å². The molecule has 3 aromatic carbocycles. The molecule has 0 fully saturated rings. The number of nitriles is 1. The quantitative estimate of drug-likeness (QED) is 0.474. The molecule has 0 radical (unpaired) electrons. The second-order valence-corrected chi connectivity index (χ2v) is 6.92. The van der Waals surface area contributed by atoms with Crippen molar-refractivity contribution >= 4 is 0 Å². The number of halogens is 1. The molecule has 0 bridgehead atoms. The fourth-order valence-electron chi connectivity index (χ4n) is 3.20. The van der Waals surface area contributed by atoms with Crippen LogP contribution in [0.25, 0.3) is 11.1 Å². The molecule has 0 aromatic heterocycles. The van der Waals surface area contributed by atoms with Gasteiger partial charge in [-0.15, -0.1) is 0 Å². The van der Waals surface area contributed by atoms with Crippen LogP contribution in [0.1, 0.15) is 42.0 Å². The van der Waals surface area contributed by atoms with E-state index in [2.05, 4.69) is 55.5 Å². The summed E-state index contributed by atoms with van der Waals surface area (Å²) in [5.41, 5.74) is 6.08.